The van der Waals surface area contributed by atoms with Crippen LogP contribution in [-0.4, -0.2) is 18.2 Å². The SMILES string of the molecule is Cc1cccc(CSCCNC(=O)c2c(C)cccc2C)c1. The number of carbonyl (C=O) groups excluding carboxylic acids is 1. The zero-order chi connectivity index (χ0) is 15.9. The van der Waals surface area contributed by atoms with E-state index >= 15 is 0 Å². The van der Waals surface area contributed by atoms with Gasteiger partial charge in [-0.25, -0.2) is 0 Å². The molecule has 0 aliphatic carbocycles. The maximum absolute atomic E-state index is 12.2. The van der Waals surface area contributed by atoms with Crippen LogP contribution in [0.1, 0.15) is 32.6 Å². The van der Waals surface area contributed by atoms with E-state index in [1.54, 1.807) is 0 Å². The first kappa shape index (κ1) is 16.6. The number of thioether (sulfide) groups is 1. The Balaban J connectivity index is 1.76. The maximum Gasteiger partial charge on any atom is 0.251 e. The van der Waals surface area contributed by atoms with Crippen LogP contribution in [0.3, 0.4) is 0 Å². The summed E-state index contributed by atoms with van der Waals surface area (Å²) in [5, 5.41) is 3.02. The molecular weight excluding hydrogens is 290 g/mol. The van der Waals surface area contributed by atoms with E-state index in [0.717, 1.165) is 28.2 Å². The van der Waals surface area contributed by atoms with Gasteiger partial charge in [-0.3, -0.25) is 4.79 Å². The first-order chi connectivity index (χ1) is 10.6. The van der Waals surface area contributed by atoms with Crippen molar-refractivity contribution in [3.05, 3.63) is 70.3 Å². The van der Waals surface area contributed by atoms with Gasteiger partial charge in [0.25, 0.3) is 5.91 Å². The van der Waals surface area contributed by atoms with Crippen molar-refractivity contribution in [2.45, 2.75) is 26.5 Å². The van der Waals surface area contributed by atoms with Crippen molar-refractivity contribution in [2.24, 2.45) is 0 Å². The van der Waals surface area contributed by atoms with Gasteiger partial charge >= 0.3 is 0 Å². The highest BCUT2D eigenvalue weighted by Crippen LogP contribution is 2.14. The lowest BCUT2D eigenvalue weighted by Crippen LogP contribution is -2.27. The highest BCUT2D eigenvalue weighted by atomic mass is 32.2. The average Bonchev–Trinajstić information content (AvgIpc) is 2.47. The third-order valence-corrected chi connectivity index (χ3v) is 4.62. The number of nitrogens with one attached hydrogen (secondary N) is 1. The number of hydrogen-bond acceptors (Lipinski definition) is 2. The molecule has 2 nitrogen and oxygen atoms in total. The van der Waals surface area contributed by atoms with E-state index in [0.29, 0.717) is 6.54 Å². The first-order valence-electron chi connectivity index (χ1n) is 7.55. The average molecular weight is 313 g/mol. The van der Waals surface area contributed by atoms with Crippen molar-refractivity contribution in [3.63, 3.8) is 0 Å². The zero-order valence-electron chi connectivity index (χ0n) is 13.5. The molecule has 2 rings (SSSR count). The van der Waals surface area contributed by atoms with Crippen LogP contribution in [0.4, 0.5) is 0 Å². The summed E-state index contributed by atoms with van der Waals surface area (Å²) in [6.45, 7) is 6.77. The standard InChI is InChI=1S/C19H23NOS/c1-14-6-4-9-17(12-14)13-22-11-10-20-19(21)18-15(2)7-5-8-16(18)3/h4-9,12H,10-11,13H2,1-3H3,(H,20,21). The summed E-state index contributed by atoms with van der Waals surface area (Å²) >= 11 is 1.85. The van der Waals surface area contributed by atoms with E-state index < -0.39 is 0 Å². The van der Waals surface area contributed by atoms with E-state index in [9.17, 15) is 4.79 Å². The van der Waals surface area contributed by atoms with E-state index in [4.69, 9.17) is 0 Å². The number of rotatable bonds is 6. The van der Waals surface area contributed by atoms with Crippen molar-refractivity contribution in [1.29, 1.82) is 0 Å². The topological polar surface area (TPSA) is 29.1 Å². The number of hydrogen-bond donors (Lipinski definition) is 1. The summed E-state index contributed by atoms with van der Waals surface area (Å²) in [5.41, 5.74) is 5.51. The van der Waals surface area contributed by atoms with Crippen LogP contribution in [0.2, 0.25) is 0 Å². The molecule has 0 aromatic heterocycles. The predicted octanol–water partition coefficient (Wildman–Crippen LogP) is 4.28. The minimum atomic E-state index is 0.0340. The molecule has 0 radical (unpaired) electrons. The van der Waals surface area contributed by atoms with Crippen LogP contribution >= 0.6 is 11.8 Å². The molecular formula is C19H23NOS. The van der Waals surface area contributed by atoms with E-state index in [1.165, 1.54) is 11.1 Å². The Morgan fingerprint density at radius 3 is 2.41 bits per heavy atom. The monoisotopic (exact) mass is 313 g/mol. The molecule has 22 heavy (non-hydrogen) atoms. The van der Waals surface area contributed by atoms with E-state index in [1.807, 2.05) is 43.8 Å². The van der Waals surface area contributed by atoms with Gasteiger partial charge in [-0.2, -0.15) is 11.8 Å². The minimum Gasteiger partial charge on any atom is -0.351 e. The Bertz CT molecular complexity index is 631. The van der Waals surface area contributed by atoms with Gasteiger partial charge in [-0.15, -0.1) is 0 Å². The smallest absolute Gasteiger partial charge is 0.251 e. The van der Waals surface area contributed by atoms with Crippen molar-refractivity contribution < 1.29 is 4.79 Å². The summed E-state index contributed by atoms with van der Waals surface area (Å²) in [6.07, 6.45) is 0. The van der Waals surface area contributed by atoms with Crippen molar-refractivity contribution in [3.8, 4) is 0 Å². The molecule has 2 aromatic rings. The van der Waals surface area contributed by atoms with Crippen LogP contribution in [-0.2, 0) is 5.75 Å². The fourth-order valence-electron chi connectivity index (χ4n) is 2.49. The molecule has 2 aromatic carbocycles. The molecule has 0 atom stereocenters. The molecule has 0 unspecified atom stereocenters. The molecule has 0 saturated heterocycles. The lowest BCUT2D eigenvalue weighted by atomic mass is 10.0. The quantitative estimate of drug-likeness (QED) is 0.807. The highest BCUT2D eigenvalue weighted by molar-refractivity contribution is 7.98. The summed E-state index contributed by atoms with van der Waals surface area (Å²) < 4.78 is 0. The Kier molecular flexibility index (Phi) is 6.08. The largest absolute Gasteiger partial charge is 0.351 e. The summed E-state index contributed by atoms with van der Waals surface area (Å²) in [7, 11) is 0. The maximum atomic E-state index is 12.2. The van der Waals surface area contributed by atoms with Gasteiger partial charge in [-0.05, 0) is 37.5 Å². The number of carbonyl (C=O) groups is 1. The molecule has 0 spiro atoms. The van der Waals surface area contributed by atoms with Gasteiger partial charge < -0.3 is 5.32 Å². The van der Waals surface area contributed by atoms with Gasteiger partial charge in [0, 0.05) is 23.6 Å². The molecule has 0 aliphatic heterocycles. The van der Waals surface area contributed by atoms with Crippen molar-refractivity contribution in [1.82, 2.24) is 5.32 Å². The fraction of sp³-hybridized carbons (Fsp3) is 0.316. The Labute approximate surface area is 137 Å². The van der Waals surface area contributed by atoms with Gasteiger partial charge in [-0.1, -0.05) is 48.0 Å². The van der Waals surface area contributed by atoms with Crippen LogP contribution in [0.25, 0.3) is 0 Å². The molecule has 116 valence electrons. The lowest BCUT2D eigenvalue weighted by molar-refractivity contribution is 0.0955. The normalized spacial score (nSPS) is 10.5. The van der Waals surface area contributed by atoms with Crippen LogP contribution < -0.4 is 5.32 Å². The Hall–Kier alpha value is -1.74. The molecule has 1 amide bonds. The summed E-state index contributed by atoms with van der Waals surface area (Å²) in [4.78, 5) is 12.2. The van der Waals surface area contributed by atoms with Crippen LogP contribution in [0.5, 0.6) is 0 Å². The Morgan fingerprint density at radius 1 is 1.05 bits per heavy atom. The summed E-state index contributed by atoms with van der Waals surface area (Å²) in [6, 6.07) is 14.5. The second-order valence-corrected chi connectivity index (χ2v) is 6.67. The third kappa shape index (κ3) is 4.63. The van der Waals surface area contributed by atoms with E-state index in [-0.39, 0.29) is 5.91 Å². The van der Waals surface area contributed by atoms with Crippen LogP contribution in [0.15, 0.2) is 42.5 Å². The molecule has 1 N–H and O–H groups in total. The van der Waals surface area contributed by atoms with Crippen molar-refractivity contribution >= 4 is 17.7 Å². The third-order valence-electron chi connectivity index (χ3n) is 3.59. The minimum absolute atomic E-state index is 0.0340. The highest BCUT2D eigenvalue weighted by Gasteiger charge is 2.10. The molecule has 0 fully saturated rings. The number of amides is 1. The molecule has 3 heteroatoms. The van der Waals surface area contributed by atoms with Crippen molar-refractivity contribution in [2.75, 3.05) is 12.3 Å². The molecule has 0 saturated carbocycles. The molecule has 0 bridgehead atoms. The second-order valence-electron chi connectivity index (χ2n) is 5.56. The molecule has 0 aliphatic rings. The van der Waals surface area contributed by atoms with Gasteiger partial charge in [0.1, 0.15) is 0 Å². The first-order valence-corrected chi connectivity index (χ1v) is 8.71. The number of aryl methyl sites for hydroxylation is 3. The van der Waals surface area contributed by atoms with Gasteiger partial charge in [0.2, 0.25) is 0 Å². The molecule has 0 heterocycles. The number of benzene rings is 2. The fourth-order valence-corrected chi connectivity index (χ4v) is 3.30. The van der Waals surface area contributed by atoms with Gasteiger partial charge in [0.15, 0.2) is 0 Å². The lowest BCUT2D eigenvalue weighted by Gasteiger charge is -2.10. The zero-order valence-corrected chi connectivity index (χ0v) is 14.3. The Morgan fingerprint density at radius 2 is 1.73 bits per heavy atom. The summed E-state index contributed by atoms with van der Waals surface area (Å²) in [5.74, 6) is 1.94. The predicted molar refractivity (Wildman–Crippen MR) is 95.6 cm³/mol. The second kappa shape index (κ2) is 8.04. The van der Waals surface area contributed by atoms with E-state index in [2.05, 4.69) is 36.5 Å². The van der Waals surface area contributed by atoms with Gasteiger partial charge in [0.05, 0.1) is 0 Å². The van der Waals surface area contributed by atoms with Crippen LogP contribution in [0, 0.1) is 20.8 Å².